The van der Waals surface area contributed by atoms with E-state index < -0.39 is 6.04 Å². The summed E-state index contributed by atoms with van der Waals surface area (Å²) in [4.78, 5) is 15.5. The van der Waals surface area contributed by atoms with Crippen molar-refractivity contribution in [2.45, 2.75) is 32.0 Å². The summed E-state index contributed by atoms with van der Waals surface area (Å²) < 4.78 is 1.79. The minimum absolute atomic E-state index is 0.0311. The lowest BCUT2D eigenvalue weighted by Crippen LogP contribution is -2.46. The van der Waals surface area contributed by atoms with Crippen LogP contribution in [0, 0.1) is 0 Å². The Morgan fingerprint density at radius 1 is 1.39 bits per heavy atom. The summed E-state index contributed by atoms with van der Waals surface area (Å²) >= 11 is 0. The van der Waals surface area contributed by atoms with Gasteiger partial charge >= 0.3 is 0 Å². The molecule has 0 bridgehead atoms. The number of rotatable bonds is 6. The van der Waals surface area contributed by atoms with Gasteiger partial charge in [0.2, 0.25) is 5.91 Å². The molecule has 3 aromatic rings. The highest BCUT2D eigenvalue weighted by atomic mass is 16.2. The van der Waals surface area contributed by atoms with Crippen LogP contribution in [0.3, 0.4) is 0 Å². The van der Waals surface area contributed by atoms with Crippen LogP contribution in [0.2, 0.25) is 0 Å². The molecular weight excluding hydrogens is 290 g/mol. The highest BCUT2D eigenvalue weighted by Gasteiger charge is 2.18. The molecule has 0 aliphatic heterocycles. The monoisotopic (exact) mass is 311 g/mol. The Balaban J connectivity index is 1.59. The summed E-state index contributed by atoms with van der Waals surface area (Å²) in [7, 11) is 0. The number of fused-ring (bicyclic) bond motifs is 1. The number of carbonyl (C=O) groups is 1. The van der Waals surface area contributed by atoms with E-state index in [0.29, 0.717) is 13.0 Å². The summed E-state index contributed by atoms with van der Waals surface area (Å²) in [6.45, 7) is 2.57. The van der Waals surface area contributed by atoms with Crippen LogP contribution in [0.4, 0.5) is 0 Å². The van der Waals surface area contributed by atoms with E-state index in [-0.39, 0.29) is 11.9 Å². The topological polar surface area (TPSA) is 88.7 Å². The molecule has 6 nitrogen and oxygen atoms in total. The number of para-hydroxylation sites is 1. The first-order valence-corrected chi connectivity index (χ1v) is 7.72. The van der Waals surface area contributed by atoms with Crippen molar-refractivity contribution in [1.82, 2.24) is 20.1 Å². The van der Waals surface area contributed by atoms with Crippen LogP contribution in [-0.4, -0.2) is 32.8 Å². The second-order valence-corrected chi connectivity index (χ2v) is 5.81. The quantitative estimate of drug-likeness (QED) is 0.643. The molecule has 0 saturated heterocycles. The predicted octanol–water partition coefficient (Wildman–Crippen LogP) is 1.44. The van der Waals surface area contributed by atoms with E-state index in [9.17, 15) is 4.79 Å². The van der Waals surface area contributed by atoms with Gasteiger partial charge in [-0.2, -0.15) is 5.10 Å². The molecule has 3 rings (SSSR count). The van der Waals surface area contributed by atoms with Crippen molar-refractivity contribution in [3.05, 3.63) is 54.5 Å². The normalized spacial score (nSPS) is 13.8. The Bertz CT molecular complexity index is 777. The Labute approximate surface area is 134 Å². The number of amides is 1. The first-order valence-electron chi connectivity index (χ1n) is 7.72. The van der Waals surface area contributed by atoms with Gasteiger partial charge in [0.05, 0.1) is 12.6 Å². The minimum atomic E-state index is -0.575. The smallest absolute Gasteiger partial charge is 0.237 e. The van der Waals surface area contributed by atoms with Gasteiger partial charge in [-0.3, -0.25) is 9.48 Å². The molecule has 1 amide bonds. The second kappa shape index (κ2) is 6.66. The number of hydrogen-bond donors (Lipinski definition) is 3. The maximum absolute atomic E-state index is 12.3. The van der Waals surface area contributed by atoms with Crippen LogP contribution in [0.25, 0.3) is 10.9 Å². The van der Waals surface area contributed by atoms with Gasteiger partial charge in [0.15, 0.2) is 0 Å². The standard InChI is InChI=1S/C17H21N5O/c1-12(11-22-8-4-7-20-22)21-17(23)15(18)9-13-10-19-16-6-3-2-5-14(13)16/h2-8,10,12,15,19H,9,11,18H2,1H3,(H,21,23)/t12?,15-/m0/s1. The molecule has 0 aliphatic carbocycles. The average Bonchev–Trinajstić information content (AvgIpc) is 3.17. The number of aromatic nitrogens is 3. The van der Waals surface area contributed by atoms with Crippen LogP contribution in [0.15, 0.2) is 48.9 Å². The van der Waals surface area contributed by atoms with E-state index in [2.05, 4.69) is 15.4 Å². The second-order valence-electron chi connectivity index (χ2n) is 5.81. The van der Waals surface area contributed by atoms with E-state index in [1.807, 2.05) is 49.6 Å². The van der Waals surface area contributed by atoms with Gasteiger partial charge < -0.3 is 16.0 Å². The molecule has 1 unspecified atom stereocenters. The number of nitrogens with one attached hydrogen (secondary N) is 2. The fourth-order valence-electron chi connectivity index (χ4n) is 2.71. The molecular formula is C17H21N5O. The first kappa shape index (κ1) is 15.3. The Hall–Kier alpha value is -2.60. The third-order valence-corrected chi connectivity index (χ3v) is 3.86. The third-order valence-electron chi connectivity index (χ3n) is 3.86. The van der Waals surface area contributed by atoms with Crippen molar-refractivity contribution in [2.24, 2.45) is 5.73 Å². The van der Waals surface area contributed by atoms with Gasteiger partial charge in [0, 0.05) is 35.5 Å². The molecule has 0 radical (unpaired) electrons. The van der Waals surface area contributed by atoms with E-state index >= 15 is 0 Å². The number of carbonyl (C=O) groups excluding carboxylic acids is 1. The van der Waals surface area contributed by atoms with E-state index in [4.69, 9.17) is 5.73 Å². The summed E-state index contributed by atoms with van der Waals surface area (Å²) in [6, 6.07) is 9.26. The van der Waals surface area contributed by atoms with Crippen LogP contribution in [0.1, 0.15) is 12.5 Å². The molecule has 6 heteroatoms. The third kappa shape index (κ3) is 3.60. The molecule has 4 N–H and O–H groups in total. The maximum Gasteiger partial charge on any atom is 0.237 e. The maximum atomic E-state index is 12.3. The Morgan fingerprint density at radius 3 is 3.00 bits per heavy atom. The molecule has 0 spiro atoms. The molecule has 0 saturated carbocycles. The predicted molar refractivity (Wildman–Crippen MR) is 89.8 cm³/mol. The number of H-pyrrole nitrogens is 1. The molecule has 2 heterocycles. The van der Waals surface area contributed by atoms with Crippen molar-refractivity contribution in [2.75, 3.05) is 0 Å². The first-order chi connectivity index (χ1) is 11.1. The van der Waals surface area contributed by atoms with Crippen LogP contribution in [0.5, 0.6) is 0 Å². The Morgan fingerprint density at radius 2 is 2.22 bits per heavy atom. The lowest BCUT2D eigenvalue weighted by molar-refractivity contribution is -0.123. The number of benzene rings is 1. The number of nitrogens with zero attached hydrogens (tertiary/aromatic N) is 2. The zero-order chi connectivity index (χ0) is 16.2. The van der Waals surface area contributed by atoms with Crippen molar-refractivity contribution in [1.29, 1.82) is 0 Å². The molecule has 2 aromatic heterocycles. The number of hydrogen-bond acceptors (Lipinski definition) is 3. The van der Waals surface area contributed by atoms with E-state index in [1.165, 1.54) is 0 Å². The molecule has 1 aromatic carbocycles. The molecule has 0 aliphatic rings. The zero-order valence-electron chi connectivity index (χ0n) is 13.1. The van der Waals surface area contributed by atoms with Gasteiger partial charge in [-0.05, 0) is 31.0 Å². The number of nitrogens with two attached hydrogens (primary N) is 1. The SMILES string of the molecule is CC(Cn1cccn1)NC(=O)[C@@H](N)Cc1c[nH]c2ccccc12. The van der Waals surface area contributed by atoms with Gasteiger partial charge in [-0.15, -0.1) is 0 Å². The zero-order valence-corrected chi connectivity index (χ0v) is 13.1. The minimum Gasteiger partial charge on any atom is -0.361 e. The summed E-state index contributed by atoms with van der Waals surface area (Å²) in [6.07, 6.45) is 6.02. The fraction of sp³-hybridized carbons (Fsp3) is 0.294. The molecule has 2 atom stereocenters. The number of aromatic amines is 1. The molecule has 0 fully saturated rings. The van der Waals surface area contributed by atoms with Crippen LogP contribution < -0.4 is 11.1 Å². The Kier molecular flexibility index (Phi) is 4.43. The lowest BCUT2D eigenvalue weighted by Gasteiger charge is -2.17. The molecule has 23 heavy (non-hydrogen) atoms. The van der Waals surface area contributed by atoms with Crippen LogP contribution in [-0.2, 0) is 17.8 Å². The largest absolute Gasteiger partial charge is 0.361 e. The lowest BCUT2D eigenvalue weighted by atomic mass is 10.0. The van der Waals surface area contributed by atoms with E-state index in [0.717, 1.165) is 16.5 Å². The van der Waals surface area contributed by atoms with Crippen molar-refractivity contribution >= 4 is 16.8 Å². The van der Waals surface area contributed by atoms with Gasteiger partial charge in [-0.1, -0.05) is 18.2 Å². The summed E-state index contributed by atoms with van der Waals surface area (Å²) in [5.41, 5.74) is 8.19. The highest BCUT2D eigenvalue weighted by molar-refractivity contribution is 5.86. The van der Waals surface area contributed by atoms with Crippen molar-refractivity contribution in [3.63, 3.8) is 0 Å². The van der Waals surface area contributed by atoms with Gasteiger partial charge in [0.25, 0.3) is 0 Å². The van der Waals surface area contributed by atoms with Gasteiger partial charge in [-0.25, -0.2) is 0 Å². The average molecular weight is 311 g/mol. The van der Waals surface area contributed by atoms with Crippen molar-refractivity contribution in [3.8, 4) is 0 Å². The highest BCUT2D eigenvalue weighted by Crippen LogP contribution is 2.18. The van der Waals surface area contributed by atoms with Gasteiger partial charge in [0.1, 0.15) is 0 Å². The fourth-order valence-corrected chi connectivity index (χ4v) is 2.71. The summed E-state index contributed by atoms with van der Waals surface area (Å²) in [5.74, 6) is -0.144. The van der Waals surface area contributed by atoms with Crippen LogP contribution >= 0.6 is 0 Å². The van der Waals surface area contributed by atoms with Crippen molar-refractivity contribution < 1.29 is 4.79 Å². The summed E-state index contributed by atoms with van der Waals surface area (Å²) in [5, 5.41) is 8.19. The molecule has 120 valence electrons. The van der Waals surface area contributed by atoms with E-state index in [1.54, 1.807) is 10.9 Å².